The molecule has 5 nitrogen and oxygen atoms in total. The molecule has 0 aliphatic carbocycles. The highest BCUT2D eigenvalue weighted by molar-refractivity contribution is 6.43. The summed E-state index contributed by atoms with van der Waals surface area (Å²) >= 11 is 0. The zero-order valence-electron chi connectivity index (χ0n) is 9.06. The van der Waals surface area contributed by atoms with Crippen LogP contribution in [0.4, 0.5) is 0 Å². The van der Waals surface area contributed by atoms with E-state index in [9.17, 15) is 9.59 Å². The number of hydrogen-bond acceptors (Lipinski definition) is 4. The van der Waals surface area contributed by atoms with Gasteiger partial charge in [0.15, 0.2) is 5.71 Å². The maximum absolute atomic E-state index is 11.4. The molecule has 84 valence electrons. The van der Waals surface area contributed by atoms with Crippen molar-refractivity contribution in [1.82, 2.24) is 5.43 Å². The van der Waals surface area contributed by atoms with Gasteiger partial charge in [-0.3, -0.25) is 4.79 Å². The summed E-state index contributed by atoms with van der Waals surface area (Å²) < 4.78 is 4.58. The Morgan fingerprint density at radius 2 is 1.88 bits per heavy atom. The third-order valence-electron chi connectivity index (χ3n) is 1.75. The molecule has 0 aliphatic heterocycles. The largest absolute Gasteiger partial charge is 0.464 e. The van der Waals surface area contributed by atoms with Crippen molar-refractivity contribution >= 4 is 17.6 Å². The Morgan fingerprint density at radius 3 is 2.38 bits per heavy atom. The molecule has 0 saturated heterocycles. The Labute approximate surface area is 93.1 Å². The second kappa shape index (κ2) is 5.65. The average molecular weight is 220 g/mol. The molecule has 0 aromatic heterocycles. The number of rotatable bonds is 3. The van der Waals surface area contributed by atoms with E-state index in [0.717, 1.165) is 0 Å². The highest BCUT2D eigenvalue weighted by Crippen LogP contribution is 2.02. The van der Waals surface area contributed by atoms with E-state index in [1.54, 1.807) is 24.3 Å². The number of carbonyl (C=O) groups is 2. The van der Waals surface area contributed by atoms with E-state index >= 15 is 0 Å². The van der Waals surface area contributed by atoms with Gasteiger partial charge in [-0.05, 0) is 0 Å². The van der Waals surface area contributed by atoms with E-state index in [4.69, 9.17) is 0 Å². The fraction of sp³-hybridized carbons (Fsp3) is 0.182. The number of amides is 1. The van der Waals surface area contributed by atoms with E-state index in [1.165, 1.54) is 14.0 Å². The number of hydrogen-bond donors (Lipinski definition) is 1. The molecule has 0 unspecified atom stereocenters. The molecule has 16 heavy (non-hydrogen) atoms. The molecule has 1 N–H and O–H groups in total. The normalized spacial score (nSPS) is 10.8. The minimum absolute atomic E-state index is 0.0679. The molecule has 1 amide bonds. The van der Waals surface area contributed by atoms with E-state index in [-0.39, 0.29) is 11.6 Å². The number of carbonyl (C=O) groups excluding carboxylic acids is 2. The Balaban J connectivity index is 3.01. The third kappa shape index (κ3) is 3.20. The molecule has 0 bridgehead atoms. The fourth-order valence-electron chi connectivity index (χ4n) is 1.06. The van der Waals surface area contributed by atoms with Crippen LogP contribution in [0.5, 0.6) is 0 Å². The van der Waals surface area contributed by atoms with Crippen molar-refractivity contribution < 1.29 is 14.3 Å². The maximum atomic E-state index is 11.4. The Morgan fingerprint density at radius 1 is 1.25 bits per heavy atom. The molecule has 5 heteroatoms. The van der Waals surface area contributed by atoms with Crippen molar-refractivity contribution in [3.63, 3.8) is 0 Å². The number of ether oxygens (including phenoxy) is 1. The van der Waals surface area contributed by atoms with Gasteiger partial charge in [0, 0.05) is 12.5 Å². The van der Waals surface area contributed by atoms with E-state index in [2.05, 4.69) is 15.3 Å². The summed E-state index contributed by atoms with van der Waals surface area (Å²) in [6, 6.07) is 8.76. The third-order valence-corrected chi connectivity index (χ3v) is 1.75. The highest BCUT2D eigenvalue weighted by atomic mass is 16.5. The van der Waals surface area contributed by atoms with Crippen LogP contribution in [0.3, 0.4) is 0 Å². The van der Waals surface area contributed by atoms with E-state index < -0.39 is 5.97 Å². The molecular formula is C11H12N2O3. The number of benzene rings is 1. The molecular weight excluding hydrogens is 208 g/mol. The van der Waals surface area contributed by atoms with Crippen molar-refractivity contribution in [1.29, 1.82) is 0 Å². The van der Waals surface area contributed by atoms with Gasteiger partial charge < -0.3 is 4.74 Å². The Hall–Kier alpha value is -2.17. The zero-order chi connectivity index (χ0) is 12.0. The van der Waals surface area contributed by atoms with Crippen LogP contribution in [0.25, 0.3) is 0 Å². The van der Waals surface area contributed by atoms with Crippen molar-refractivity contribution in [2.45, 2.75) is 6.92 Å². The molecule has 1 aromatic rings. The van der Waals surface area contributed by atoms with Crippen LogP contribution in [-0.2, 0) is 14.3 Å². The fourth-order valence-corrected chi connectivity index (χ4v) is 1.06. The van der Waals surface area contributed by atoms with Gasteiger partial charge in [-0.1, -0.05) is 30.3 Å². The lowest BCUT2D eigenvalue weighted by Crippen LogP contribution is -2.23. The lowest BCUT2D eigenvalue weighted by Gasteiger charge is -2.04. The topological polar surface area (TPSA) is 67.8 Å². The summed E-state index contributed by atoms with van der Waals surface area (Å²) in [5.41, 5.74) is 2.86. The number of nitrogens with zero attached hydrogens (tertiary/aromatic N) is 1. The maximum Gasteiger partial charge on any atom is 0.359 e. The van der Waals surface area contributed by atoms with Crippen LogP contribution in [-0.4, -0.2) is 24.7 Å². The van der Waals surface area contributed by atoms with Crippen molar-refractivity contribution in [3.8, 4) is 0 Å². The first kappa shape index (κ1) is 11.9. The van der Waals surface area contributed by atoms with E-state index in [1.807, 2.05) is 6.07 Å². The molecule has 0 aliphatic rings. The summed E-state index contributed by atoms with van der Waals surface area (Å²) in [6.07, 6.45) is 0. The number of nitrogens with one attached hydrogen (secondary N) is 1. The van der Waals surface area contributed by atoms with Gasteiger partial charge >= 0.3 is 5.97 Å². The first-order valence-electron chi connectivity index (χ1n) is 4.63. The molecule has 0 heterocycles. The summed E-state index contributed by atoms with van der Waals surface area (Å²) in [7, 11) is 1.26. The predicted octanol–water partition coefficient (Wildman–Crippen LogP) is 0.700. The first-order valence-corrected chi connectivity index (χ1v) is 4.63. The SMILES string of the molecule is COC(=O)C(=NNC(C)=O)c1ccccc1. The summed E-state index contributed by atoms with van der Waals surface area (Å²) in [4.78, 5) is 22.1. The molecule has 0 spiro atoms. The number of methoxy groups -OCH3 is 1. The van der Waals surface area contributed by atoms with Crippen molar-refractivity contribution in [2.24, 2.45) is 5.10 Å². The predicted molar refractivity (Wildman–Crippen MR) is 58.8 cm³/mol. The molecule has 1 aromatic carbocycles. The molecule has 1 rings (SSSR count). The highest BCUT2D eigenvalue weighted by Gasteiger charge is 2.14. The lowest BCUT2D eigenvalue weighted by molar-refractivity contribution is -0.132. The Bertz CT molecular complexity index is 412. The van der Waals surface area contributed by atoms with Crippen LogP contribution < -0.4 is 5.43 Å². The Kier molecular flexibility index (Phi) is 4.20. The quantitative estimate of drug-likeness (QED) is 0.463. The van der Waals surface area contributed by atoms with Crippen LogP contribution >= 0.6 is 0 Å². The van der Waals surface area contributed by atoms with Crippen molar-refractivity contribution in [2.75, 3.05) is 7.11 Å². The van der Waals surface area contributed by atoms with Gasteiger partial charge in [-0.25, -0.2) is 10.2 Å². The monoisotopic (exact) mass is 220 g/mol. The summed E-state index contributed by atoms with van der Waals surface area (Å²) in [5.74, 6) is -0.947. The summed E-state index contributed by atoms with van der Waals surface area (Å²) in [6.45, 7) is 1.31. The van der Waals surface area contributed by atoms with Crippen LogP contribution in [0.1, 0.15) is 12.5 Å². The second-order valence-electron chi connectivity index (χ2n) is 2.99. The number of hydrazone groups is 1. The van der Waals surface area contributed by atoms with Gasteiger partial charge in [0.05, 0.1) is 7.11 Å². The van der Waals surface area contributed by atoms with Gasteiger partial charge in [0.2, 0.25) is 5.91 Å². The molecule has 0 saturated carbocycles. The standard InChI is InChI=1S/C11H12N2O3/c1-8(14)12-13-10(11(15)16-2)9-6-4-3-5-7-9/h3-7H,1-2H3,(H,12,14). The molecule has 0 fully saturated rings. The second-order valence-corrected chi connectivity index (χ2v) is 2.99. The van der Waals surface area contributed by atoms with Crippen LogP contribution in [0.15, 0.2) is 35.4 Å². The van der Waals surface area contributed by atoms with E-state index in [0.29, 0.717) is 5.56 Å². The van der Waals surface area contributed by atoms with Crippen LogP contribution in [0.2, 0.25) is 0 Å². The zero-order valence-corrected chi connectivity index (χ0v) is 9.06. The van der Waals surface area contributed by atoms with Gasteiger partial charge in [0.1, 0.15) is 0 Å². The minimum Gasteiger partial charge on any atom is -0.464 e. The molecule has 0 radical (unpaired) electrons. The first-order chi connectivity index (χ1) is 7.65. The number of esters is 1. The lowest BCUT2D eigenvalue weighted by atomic mass is 10.1. The van der Waals surface area contributed by atoms with Crippen LogP contribution in [0, 0.1) is 0 Å². The minimum atomic E-state index is -0.597. The summed E-state index contributed by atoms with van der Waals surface area (Å²) in [5, 5.41) is 3.71. The van der Waals surface area contributed by atoms with Gasteiger partial charge in [-0.15, -0.1) is 0 Å². The van der Waals surface area contributed by atoms with Crippen molar-refractivity contribution in [3.05, 3.63) is 35.9 Å². The average Bonchev–Trinajstić information content (AvgIpc) is 2.30. The van der Waals surface area contributed by atoms with Gasteiger partial charge in [-0.2, -0.15) is 5.10 Å². The van der Waals surface area contributed by atoms with Gasteiger partial charge in [0.25, 0.3) is 0 Å². The molecule has 0 atom stereocenters. The smallest absolute Gasteiger partial charge is 0.359 e.